The molecule has 1 saturated heterocycles. The SMILES string of the molecule is CCCC1(C(=O)O)CCN(C(=O)c2ccn[nH]2)C1. The van der Waals surface area contributed by atoms with E-state index in [4.69, 9.17) is 0 Å². The number of hydrogen-bond acceptors (Lipinski definition) is 3. The molecule has 6 heteroatoms. The predicted octanol–water partition coefficient (Wildman–Crippen LogP) is 1.13. The summed E-state index contributed by atoms with van der Waals surface area (Å²) in [6.45, 7) is 2.74. The van der Waals surface area contributed by atoms with Crippen molar-refractivity contribution in [1.82, 2.24) is 15.1 Å². The van der Waals surface area contributed by atoms with E-state index >= 15 is 0 Å². The zero-order chi connectivity index (χ0) is 13.2. The summed E-state index contributed by atoms with van der Waals surface area (Å²) in [6, 6.07) is 1.60. The second-order valence-electron chi connectivity index (χ2n) is 4.78. The molecule has 18 heavy (non-hydrogen) atoms. The first-order valence-corrected chi connectivity index (χ1v) is 6.11. The van der Waals surface area contributed by atoms with Gasteiger partial charge in [-0.2, -0.15) is 5.10 Å². The first kappa shape index (κ1) is 12.6. The minimum Gasteiger partial charge on any atom is -0.481 e. The summed E-state index contributed by atoms with van der Waals surface area (Å²) in [7, 11) is 0. The first-order valence-electron chi connectivity index (χ1n) is 6.11. The number of carboxylic acids is 1. The van der Waals surface area contributed by atoms with Gasteiger partial charge >= 0.3 is 5.97 Å². The standard InChI is InChI=1S/C12H17N3O3/c1-2-4-12(11(17)18)5-7-15(8-12)10(16)9-3-6-13-14-9/h3,6H,2,4-5,7-8H2,1H3,(H,13,14)(H,17,18). The van der Waals surface area contributed by atoms with Crippen LogP contribution in [0.25, 0.3) is 0 Å². The van der Waals surface area contributed by atoms with E-state index in [0.717, 1.165) is 6.42 Å². The molecule has 6 nitrogen and oxygen atoms in total. The molecule has 1 fully saturated rings. The fraction of sp³-hybridized carbons (Fsp3) is 0.583. The number of rotatable bonds is 4. The highest BCUT2D eigenvalue weighted by Gasteiger charge is 2.45. The molecular weight excluding hydrogens is 234 g/mol. The second kappa shape index (κ2) is 4.80. The number of aromatic nitrogens is 2. The third-order valence-corrected chi connectivity index (χ3v) is 3.55. The fourth-order valence-electron chi connectivity index (χ4n) is 2.56. The molecule has 0 bridgehead atoms. The van der Waals surface area contributed by atoms with Gasteiger partial charge in [0.25, 0.3) is 5.91 Å². The lowest BCUT2D eigenvalue weighted by Gasteiger charge is -2.23. The third-order valence-electron chi connectivity index (χ3n) is 3.55. The van der Waals surface area contributed by atoms with Crippen LogP contribution in [-0.4, -0.2) is 45.2 Å². The van der Waals surface area contributed by atoms with Crippen LogP contribution in [0.2, 0.25) is 0 Å². The van der Waals surface area contributed by atoms with Crippen molar-refractivity contribution in [3.8, 4) is 0 Å². The van der Waals surface area contributed by atoms with Crippen molar-refractivity contribution in [3.63, 3.8) is 0 Å². The van der Waals surface area contributed by atoms with Crippen LogP contribution in [0.15, 0.2) is 12.3 Å². The Morgan fingerprint density at radius 3 is 2.94 bits per heavy atom. The Bertz CT molecular complexity index is 443. The summed E-state index contributed by atoms with van der Waals surface area (Å²) in [5.41, 5.74) is -0.363. The molecule has 0 aliphatic carbocycles. The molecule has 1 atom stereocenters. The van der Waals surface area contributed by atoms with E-state index in [0.29, 0.717) is 25.1 Å². The molecule has 2 heterocycles. The maximum Gasteiger partial charge on any atom is 0.311 e. The van der Waals surface area contributed by atoms with Crippen molar-refractivity contribution < 1.29 is 14.7 Å². The van der Waals surface area contributed by atoms with Gasteiger partial charge in [-0.1, -0.05) is 13.3 Å². The van der Waals surface area contributed by atoms with E-state index in [1.54, 1.807) is 11.0 Å². The summed E-state index contributed by atoms with van der Waals surface area (Å²) >= 11 is 0. The number of likely N-dealkylation sites (tertiary alicyclic amines) is 1. The Kier molecular flexibility index (Phi) is 3.36. The van der Waals surface area contributed by atoms with Gasteiger partial charge in [0.2, 0.25) is 0 Å². The highest BCUT2D eigenvalue weighted by Crippen LogP contribution is 2.36. The Hall–Kier alpha value is -1.85. The second-order valence-corrected chi connectivity index (χ2v) is 4.78. The lowest BCUT2D eigenvalue weighted by molar-refractivity contribution is -0.148. The molecule has 0 saturated carbocycles. The summed E-state index contributed by atoms with van der Waals surface area (Å²) in [4.78, 5) is 25.1. The van der Waals surface area contributed by atoms with Crippen LogP contribution in [0.3, 0.4) is 0 Å². The van der Waals surface area contributed by atoms with E-state index in [1.807, 2.05) is 6.92 Å². The number of amides is 1. The normalized spacial score (nSPS) is 23.3. The molecule has 2 N–H and O–H groups in total. The highest BCUT2D eigenvalue weighted by atomic mass is 16.4. The lowest BCUT2D eigenvalue weighted by Crippen LogP contribution is -2.37. The van der Waals surface area contributed by atoms with Crippen LogP contribution in [0, 0.1) is 5.41 Å². The van der Waals surface area contributed by atoms with Crippen molar-refractivity contribution in [2.24, 2.45) is 5.41 Å². The van der Waals surface area contributed by atoms with Gasteiger partial charge in [0.1, 0.15) is 5.69 Å². The number of H-pyrrole nitrogens is 1. The number of carbonyl (C=O) groups excluding carboxylic acids is 1. The van der Waals surface area contributed by atoms with Crippen molar-refractivity contribution >= 4 is 11.9 Å². The van der Waals surface area contributed by atoms with Crippen LogP contribution in [0.4, 0.5) is 0 Å². The maximum absolute atomic E-state index is 12.1. The van der Waals surface area contributed by atoms with Gasteiger partial charge in [0, 0.05) is 19.3 Å². The molecular formula is C12H17N3O3. The molecule has 1 aliphatic rings. The number of aliphatic carboxylic acids is 1. The summed E-state index contributed by atoms with van der Waals surface area (Å²) in [5.74, 6) is -0.976. The number of hydrogen-bond donors (Lipinski definition) is 2. The molecule has 1 aliphatic heterocycles. The Morgan fingerprint density at radius 2 is 2.39 bits per heavy atom. The maximum atomic E-state index is 12.1. The topological polar surface area (TPSA) is 86.3 Å². The van der Waals surface area contributed by atoms with Gasteiger partial charge in [-0.05, 0) is 18.9 Å². The highest BCUT2D eigenvalue weighted by molar-refractivity contribution is 5.93. The molecule has 98 valence electrons. The predicted molar refractivity (Wildman–Crippen MR) is 64.1 cm³/mol. The molecule has 1 amide bonds. The average Bonchev–Trinajstić information content (AvgIpc) is 2.98. The van der Waals surface area contributed by atoms with Crippen LogP contribution < -0.4 is 0 Å². The number of carbonyl (C=O) groups is 2. The largest absolute Gasteiger partial charge is 0.481 e. The molecule has 1 aromatic rings. The Morgan fingerprint density at radius 1 is 1.61 bits per heavy atom. The quantitative estimate of drug-likeness (QED) is 0.839. The third kappa shape index (κ3) is 2.10. The summed E-state index contributed by atoms with van der Waals surface area (Å²) < 4.78 is 0. The van der Waals surface area contributed by atoms with E-state index in [9.17, 15) is 14.7 Å². The van der Waals surface area contributed by atoms with Crippen LogP contribution in [-0.2, 0) is 4.79 Å². The Balaban J connectivity index is 2.11. The smallest absolute Gasteiger partial charge is 0.311 e. The zero-order valence-corrected chi connectivity index (χ0v) is 10.3. The van der Waals surface area contributed by atoms with Crippen molar-refractivity contribution in [1.29, 1.82) is 0 Å². The van der Waals surface area contributed by atoms with E-state index in [2.05, 4.69) is 10.2 Å². The van der Waals surface area contributed by atoms with Gasteiger partial charge in [-0.3, -0.25) is 14.7 Å². The first-order chi connectivity index (χ1) is 8.59. The zero-order valence-electron chi connectivity index (χ0n) is 10.3. The number of nitrogens with one attached hydrogen (secondary N) is 1. The number of nitrogens with zero attached hydrogens (tertiary/aromatic N) is 2. The molecule has 0 spiro atoms. The lowest BCUT2D eigenvalue weighted by atomic mass is 9.83. The van der Waals surface area contributed by atoms with Crippen molar-refractivity contribution in [2.45, 2.75) is 26.2 Å². The van der Waals surface area contributed by atoms with Gasteiger partial charge < -0.3 is 10.0 Å². The monoisotopic (exact) mass is 251 g/mol. The van der Waals surface area contributed by atoms with Crippen molar-refractivity contribution in [2.75, 3.05) is 13.1 Å². The summed E-state index contributed by atoms with van der Waals surface area (Å²) in [5, 5.41) is 15.7. The van der Waals surface area contributed by atoms with Gasteiger partial charge in [0.15, 0.2) is 0 Å². The van der Waals surface area contributed by atoms with E-state index in [-0.39, 0.29) is 12.5 Å². The number of carboxylic acid groups (broad SMARTS) is 1. The van der Waals surface area contributed by atoms with Crippen LogP contribution in [0.1, 0.15) is 36.7 Å². The minimum absolute atomic E-state index is 0.174. The molecule has 2 rings (SSSR count). The van der Waals surface area contributed by atoms with Gasteiger partial charge in [0.05, 0.1) is 5.41 Å². The molecule has 1 unspecified atom stereocenters. The van der Waals surface area contributed by atoms with Crippen LogP contribution in [0.5, 0.6) is 0 Å². The van der Waals surface area contributed by atoms with Crippen LogP contribution >= 0.6 is 0 Å². The number of aromatic amines is 1. The molecule has 0 aromatic carbocycles. The Labute approximate surface area is 105 Å². The molecule has 1 aromatic heterocycles. The van der Waals surface area contributed by atoms with Gasteiger partial charge in [-0.15, -0.1) is 0 Å². The van der Waals surface area contributed by atoms with E-state index in [1.165, 1.54) is 6.20 Å². The van der Waals surface area contributed by atoms with Gasteiger partial charge in [-0.25, -0.2) is 0 Å². The summed E-state index contributed by atoms with van der Waals surface area (Å²) in [6.07, 6.45) is 3.45. The molecule has 0 radical (unpaired) electrons. The van der Waals surface area contributed by atoms with Crippen molar-refractivity contribution in [3.05, 3.63) is 18.0 Å². The minimum atomic E-state index is -0.802. The van der Waals surface area contributed by atoms with E-state index < -0.39 is 11.4 Å². The average molecular weight is 251 g/mol. The fourth-order valence-corrected chi connectivity index (χ4v) is 2.56.